The van der Waals surface area contributed by atoms with Crippen molar-refractivity contribution in [2.24, 2.45) is 11.8 Å². The molecule has 0 saturated heterocycles. The summed E-state index contributed by atoms with van der Waals surface area (Å²) >= 11 is 0. The molecule has 0 amide bonds. The van der Waals surface area contributed by atoms with Gasteiger partial charge in [-0.2, -0.15) is 0 Å². The van der Waals surface area contributed by atoms with Crippen LogP contribution in [0.15, 0.2) is 0 Å². The molecule has 17 nitrogen and oxygen atoms in total. The van der Waals surface area contributed by atoms with Crippen LogP contribution in [0.3, 0.4) is 0 Å². The molecule has 0 aliphatic rings. The van der Waals surface area contributed by atoms with Crippen LogP contribution in [0.2, 0.25) is 0 Å². The third kappa shape index (κ3) is 64.6. The van der Waals surface area contributed by atoms with Crippen LogP contribution in [0.1, 0.15) is 356 Å². The lowest BCUT2D eigenvalue weighted by atomic mass is 10.0. The number of hydrogen-bond acceptors (Lipinski definition) is 15. The van der Waals surface area contributed by atoms with Crippen LogP contribution >= 0.6 is 15.6 Å². The normalized spacial score (nSPS) is 14.1. The summed E-state index contributed by atoms with van der Waals surface area (Å²) < 4.78 is 68.1. The lowest BCUT2D eigenvalue weighted by molar-refractivity contribution is -0.161. The van der Waals surface area contributed by atoms with E-state index in [-0.39, 0.29) is 25.7 Å². The van der Waals surface area contributed by atoms with E-state index in [0.717, 1.165) is 109 Å². The molecule has 0 aromatic heterocycles. The van der Waals surface area contributed by atoms with Gasteiger partial charge < -0.3 is 33.8 Å². The molecular weight excluding hydrogens is 1170 g/mol. The number of phosphoric ester groups is 2. The number of carbonyl (C=O) groups is 4. The molecule has 0 aliphatic heterocycles. The molecular formula is C70H136O17P2. The Kier molecular flexibility index (Phi) is 60.8. The summed E-state index contributed by atoms with van der Waals surface area (Å²) in [6.07, 6.45) is 47.5. The molecule has 3 N–H and O–H groups in total. The standard InChI is InChI=1S/C70H136O17P2/c1-7-9-11-13-15-16-25-29-35-41-47-53-68(73)81-59-66(86-69(74)54-48-42-36-30-27-24-22-20-18-17-19-21-23-26-28-33-38-44-50-62(3)4)61-85-89(78,79)83-57-64(71)56-82-88(76,77)84-60-65(58-80-67(72)52-46-40-32-14-12-10-8-2)87-70(75)55-49-43-37-31-34-39-45-51-63(5)6/h62-66,71H,7-61H2,1-6H3,(H,76,77)(H,78,79)/t64-,65+,66+/m0/s1. The van der Waals surface area contributed by atoms with Gasteiger partial charge in [-0.1, -0.05) is 305 Å². The Morgan fingerprint density at radius 2 is 0.517 bits per heavy atom. The van der Waals surface area contributed by atoms with E-state index in [1.807, 2.05) is 0 Å². The molecule has 0 aliphatic carbocycles. The molecule has 528 valence electrons. The topological polar surface area (TPSA) is 237 Å². The zero-order chi connectivity index (χ0) is 65.7. The van der Waals surface area contributed by atoms with E-state index < -0.39 is 97.5 Å². The molecule has 0 fully saturated rings. The van der Waals surface area contributed by atoms with Gasteiger partial charge in [0.05, 0.1) is 26.4 Å². The molecule has 0 bridgehead atoms. The Morgan fingerprint density at radius 1 is 0.303 bits per heavy atom. The zero-order valence-corrected chi connectivity index (χ0v) is 59.5. The van der Waals surface area contributed by atoms with Gasteiger partial charge >= 0.3 is 39.5 Å². The predicted octanol–water partition coefficient (Wildman–Crippen LogP) is 20.0. The average Bonchev–Trinajstić information content (AvgIpc) is 3.64. The fourth-order valence-corrected chi connectivity index (χ4v) is 12.2. The van der Waals surface area contributed by atoms with Crippen molar-refractivity contribution in [3.05, 3.63) is 0 Å². The molecule has 89 heavy (non-hydrogen) atoms. The zero-order valence-electron chi connectivity index (χ0n) is 57.7. The number of phosphoric acid groups is 2. The van der Waals surface area contributed by atoms with E-state index in [2.05, 4.69) is 41.5 Å². The van der Waals surface area contributed by atoms with Crippen molar-refractivity contribution < 1.29 is 80.2 Å². The maximum absolute atomic E-state index is 13.0. The van der Waals surface area contributed by atoms with Crippen molar-refractivity contribution >= 4 is 39.5 Å². The number of aliphatic hydroxyl groups is 1. The van der Waals surface area contributed by atoms with Gasteiger partial charge in [-0.15, -0.1) is 0 Å². The summed E-state index contributed by atoms with van der Waals surface area (Å²) in [4.78, 5) is 72.3. The third-order valence-corrected chi connectivity index (χ3v) is 18.1. The minimum Gasteiger partial charge on any atom is -0.462 e. The molecule has 2 unspecified atom stereocenters. The van der Waals surface area contributed by atoms with Crippen molar-refractivity contribution in [2.75, 3.05) is 39.6 Å². The van der Waals surface area contributed by atoms with Gasteiger partial charge in [-0.05, 0) is 37.5 Å². The second-order valence-corrected chi connectivity index (χ2v) is 29.1. The van der Waals surface area contributed by atoms with Gasteiger partial charge in [0.15, 0.2) is 12.2 Å². The molecule has 19 heteroatoms. The molecule has 0 heterocycles. The van der Waals surface area contributed by atoms with Crippen LogP contribution in [0.4, 0.5) is 0 Å². The van der Waals surface area contributed by atoms with Gasteiger partial charge in [0.1, 0.15) is 19.3 Å². The van der Waals surface area contributed by atoms with Crippen molar-refractivity contribution in [3.8, 4) is 0 Å². The van der Waals surface area contributed by atoms with Crippen molar-refractivity contribution in [3.63, 3.8) is 0 Å². The minimum absolute atomic E-state index is 0.103. The summed E-state index contributed by atoms with van der Waals surface area (Å²) in [6.45, 7) is 9.47. The monoisotopic (exact) mass is 1310 g/mol. The van der Waals surface area contributed by atoms with E-state index in [0.29, 0.717) is 31.6 Å². The first-order valence-electron chi connectivity index (χ1n) is 36.5. The molecule has 0 radical (unpaired) electrons. The van der Waals surface area contributed by atoms with Gasteiger partial charge in [0.2, 0.25) is 0 Å². The predicted molar refractivity (Wildman–Crippen MR) is 358 cm³/mol. The largest absolute Gasteiger partial charge is 0.472 e. The highest BCUT2D eigenvalue weighted by molar-refractivity contribution is 7.47. The van der Waals surface area contributed by atoms with Crippen LogP contribution in [0, 0.1) is 11.8 Å². The molecule has 5 atom stereocenters. The Labute approximate surface area is 543 Å². The van der Waals surface area contributed by atoms with E-state index in [1.54, 1.807) is 0 Å². The van der Waals surface area contributed by atoms with Crippen LogP contribution in [-0.4, -0.2) is 96.7 Å². The average molecular weight is 1310 g/mol. The first-order valence-corrected chi connectivity index (χ1v) is 39.5. The highest BCUT2D eigenvalue weighted by atomic mass is 31.2. The second-order valence-electron chi connectivity index (χ2n) is 26.2. The number of hydrogen-bond donors (Lipinski definition) is 3. The molecule has 0 saturated carbocycles. The number of unbranched alkanes of at least 4 members (excludes halogenated alkanes) is 39. The fourth-order valence-electron chi connectivity index (χ4n) is 10.6. The molecule has 0 rings (SSSR count). The smallest absolute Gasteiger partial charge is 0.462 e. The molecule has 0 spiro atoms. The van der Waals surface area contributed by atoms with Crippen molar-refractivity contribution in [1.29, 1.82) is 0 Å². The fraction of sp³-hybridized carbons (Fsp3) is 0.943. The van der Waals surface area contributed by atoms with Gasteiger partial charge in [0.25, 0.3) is 0 Å². The first kappa shape index (κ1) is 87.1. The second kappa shape index (κ2) is 62.2. The number of ether oxygens (including phenoxy) is 4. The van der Waals surface area contributed by atoms with Gasteiger partial charge in [-0.25, -0.2) is 9.13 Å². The number of carbonyl (C=O) groups excluding carboxylic acids is 4. The summed E-state index contributed by atoms with van der Waals surface area (Å²) in [5.74, 6) is -0.615. The number of rotatable bonds is 69. The van der Waals surface area contributed by atoms with Crippen LogP contribution in [0.25, 0.3) is 0 Å². The number of aliphatic hydroxyl groups excluding tert-OH is 1. The van der Waals surface area contributed by atoms with E-state index in [9.17, 15) is 43.2 Å². The number of esters is 4. The Bertz CT molecular complexity index is 1730. The Morgan fingerprint density at radius 3 is 0.764 bits per heavy atom. The van der Waals surface area contributed by atoms with Gasteiger partial charge in [-0.3, -0.25) is 37.3 Å². The summed E-state index contributed by atoms with van der Waals surface area (Å²) in [7, 11) is -9.89. The highest BCUT2D eigenvalue weighted by Crippen LogP contribution is 2.45. The van der Waals surface area contributed by atoms with Crippen molar-refractivity contribution in [1.82, 2.24) is 0 Å². The minimum atomic E-state index is -4.95. The maximum atomic E-state index is 13.0. The first-order chi connectivity index (χ1) is 42.9. The Balaban J connectivity index is 5.13. The van der Waals surface area contributed by atoms with E-state index in [1.165, 1.54) is 161 Å². The summed E-state index contributed by atoms with van der Waals surface area (Å²) in [6, 6.07) is 0. The SMILES string of the molecule is CCCCCCCCCCCCCC(=O)OC[C@H](COP(=O)(O)OC[C@@H](O)COP(=O)(O)OC[C@@H](COC(=O)CCCCCCCCC)OC(=O)CCCCCCCCCC(C)C)OC(=O)CCCCCCCCCCCCCCCCCCCCC(C)C. The van der Waals surface area contributed by atoms with E-state index >= 15 is 0 Å². The van der Waals surface area contributed by atoms with Crippen LogP contribution in [-0.2, 0) is 65.4 Å². The van der Waals surface area contributed by atoms with Crippen LogP contribution in [0.5, 0.6) is 0 Å². The maximum Gasteiger partial charge on any atom is 0.472 e. The highest BCUT2D eigenvalue weighted by Gasteiger charge is 2.30. The summed E-state index contributed by atoms with van der Waals surface area (Å²) in [5.41, 5.74) is 0. The quantitative estimate of drug-likeness (QED) is 0.0222. The van der Waals surface area contributed by atoms with Crippen molar-refractivity contribution in [2.45, 2.75) is 374 Å². The third-order valence-electron chi connectivity index (χ3n) is 16.2. The molecule has 0 aromatic carbocycles. The van der Waals surface area contributed by atoms with Gasteiger partial charge in [0, 0.05) is 25.7 Å². The summed E-state index contributed by atoms with van der Waals surface area (Å²) in [5, 5.41) is 10.6. The lowest BCUT2D eigenvalue weighted by Gasteiger charge is -2.21. The molecule has 0 aromatic rings. The van der Waals surface area contributed by atoms with Crippen LogP contribution < -0.4 is 0 Å². The lowest BCUT2D eigenvalue weighted by Crippen LogP contribution is -2.30. The Hall–Kier alpha value is -1.94. The van der Waals surface area contributed by atoms with E-state index in [4.69, 9.17) is 37.0 Å².